The van der Waals surface area contributed by atoms with Gasteiger partial charge >= 0.3 is 0 Å². The van der Waals surface area contributed by atoms with Crippen molar-refractivity contribution in [1.82, 2.24) is 14.9 Å². The number of benzene rings is 1. The second kappa shape index (κ2) is 8.76. The van der Waals surface area contributed by atoms with Gasteiger partial charge in [-0.15, -0.1) is 0 Å². The van der Waals surface area contributed by atoms with Crippen LogP contribution in [0.5, 0.6) is 11.6 Å². The van der Waals surface area contributed by atoms with E-state index >= 15 is 0 Å². The molecule has 1 fully saturated rings. The lowest BCUT2D eigenvalue weighted by Gasteiger charge is -2.32. The van der Waals surface area contributed by atoms with Crippen LogP contribution in [0.3, 0.4) is 0 Å². The third-order valence-electron chi connectivity index (χ3n) is 4.68. The Hall–Kier alpha value is -2.47. The van der Waals surface area contributed by atoms with Crippen LogP contribution in [0.4, 0.5) is 0 Å². The van der Waals surface area contributed by atoms with E-state index in [0.717, 1.165) is 37.4 Å². The van der Waals surface area contributed by atoms with Gasteiger partial charge in [-0.25, -0.2) is 4.98 Å². The topological polar surface area (TPSA) is 64.5 Å². The first-order valence-corrected chi connectivity index (χ1v) is 8.99. The highest BCUT2D eigenvalue weighted by molar-refractivity contribution is 5.76. The van der Waals surface area contributed by atoms with Crippen molar-refractivity contribution in [3.63, 3.8) is 0 Å². The summed E-state index contributed by atoms with van der Waals surface area (Å²) in [7, 11) is 1.61. The Bertz CT molecular complexity index is 725. The number of rotatable bonds is 6. The SMILES string of the molecule is COCCC(=O)N1CCC(c2nccnc2Oc2ccc(C)cc2)CC1. The van der Waals surface area contributed by atoms with Crippen molar-refractivity contribution in [1.29, 1.82) is 0 Å². The van der Waals surface area contributed by atoms with Crippen molar-refractivity contribution in [2.75, 3.05) is 26.8 Å². The number of methoxy groups -OCH3 is 1. The third kappa shape index (κ3) is 4.58. The number of ether oxygens (including phenoxy) is 2. The molecule has 0 unspecified atom stereocenters. The number of hydrogen-bond donors (Lipinski definition) is 0. The Morgan fingerprint density at radius 2 is 1.85 bits per heavy atom. The summed E-state index contributed by atoms with van der Waals surface area (Å²) in [5.74, 6) is 1.71. The predicted molar refractivity (Wildman–Crippen MR) is 98.3 cm³/mol. The summed E-state index contributed by atoms with van der Waals surface area (Å²) in [5, 5.41) is 0. The maximum Gasteiger partial charge on any atom is 0.241 e. The summed E-state index contributed by atoms with van der Waals surface area (Å²) in [6.45, 7) is 3.97. The number of nitrogens with zero attached hydrogens (tertiary/aromatic N) is 3. The Labute approximate surface area is 154 Å². The van der Waals surface area contributed by atoms with Crippen LogP contribution < -0.4 is 4.74 Å². The molecule has 1 aromatic heterocycles. The van der Waals surface area contributed by atoms with Gasteiger partial charge in [0, 0.05) is 38.5 Å². The largest absolute Gasteiger partial charge is 0.437 e. The zero-order chi connectivity index (χ0) is 18.4. The van der Waals surface area contributed by atoms with E-state index in [1.807, 2.05) is 36.1 Å². The third-order valence-corrected chi connectivity index (χ3v) is 4.68. The number of carbonyl (C=O) groups excluding carboxylic acids is 1. The fourth-order valence-corrected chi connectivity index (χ4v) is 3.16. The Morgan fingerprint density at radius 1 is 1.15 bits per heavy atom. The predicted octanol–water partition coefficient (Wildman–Crippen LogP) is 3.32. The minimum atomic E-state index is 0.153. The molecule has 0 saturated carbocycles. The van der Waals surface area contributed by atoms with Gasteiger partial charge < -0.3 is 14.4 Å². The molecule has 0 bridgehead atoms. The molecule has 1 aromatic carbocycles. The molecule has 0 aliphatic carbocycles. The van der Waals surface area contributed by atoms with E-state index in [1.165, 1.54) is 5.56 Å². The summed E-state index contributed by atoms with van der Waals surface area (Å²) in [4.78, 5) is 22.9. The molecule has 2 heterocycles. The van der Waals surface area contributed by atoms with Crippen LogP contribution in [0, 0.1) is 6.92 Å². The zero-order valence-corrected chi connectivity index (χ0v) is 15.4. The van der Waals surface area contributed by atoms with E-state index in [-0.39, 0.29) is 11.8 Å². The van der Waals surface area contributed by atoms with E-state index in [0.29, 0.717) is 18.9 Å². The number of amides is 1. The molecule has 6 nitrogen and oxygen atoms in total. The van der Waals surface area contributed by atoms with Crippen LogP contribution in [0.2, 0.25) is 0 Å². The first kappa shape index (κ1) is 18.3. The Morgan fingerprint density at radius 3 is 2.54 bits per heavy atom. The zero-order valence-electron chi connectivity index (χ0n) is 15.4. The first-order chi connectivity index (χ1) is 12.7. The number of likely N-dealkylation sites (tertiary alicyclic amines) is 1. The van der Waals surface area contributed by atoms with E-state index in [9.17, 15) is 4.79 Å². The standard InChI is InChI=1S/C20H25N3O3/c1-15-3-5-17(6-4-15)26-20-19(21-10-11-22-20)16-7-12-23(13-8-16)18(24)9-14-25-2/h3-6,10-11,16H,7-9,12-14H2,1-2H3. The van der Waals surface area contributed by atoms with Crippen molar-refractivity contribution in [3.8, 4) is 11.6 Å². The molecule has 0 atom stereocenters. The van der Waals surface area contributed by atoms with Gasteiger partial charge in [-0.1, -0.05) is 17.7 Å². The lowest BCUT2D eigenvalue weighted by Crippen LogP contribution is -2.38. The van der Waals surface area contributed by atoms with E-state index in [4.69, 9.17) is 9.47 Å². The van der Waals surface area contributed by atoms with Gasteiger partial charge in [0.05, 0.1) is 13.0 Å². The van der Waals surface area contributed by atoms with Crippen molar-refractivity contribution in [3.05, 3.63) is 47.9 Å². The van der Waals surface area contributed by atoms with Gasteiger partial charge in [-0.3, -0.25) is 9.78 Å². The second-order valence-electron chi connectivity index (χ2n) is 6.56. The van der Waals surface area contributed by atoms with E-state index in [2.05, 4.69) is 9.97 Å². The fourth-order valence-electron chi connectivity index (χ4n) is 3.16. The number of aryl methyl sites for hydroxylation is 1. The highest BCUT2D eigenvalue weighted by Gasteiger charge is 2.27. The van der Waals surface area contributed by atoms with Gasteiger partial charge in [0.25, 0.3) is 0 Å². The van der Waals surface area contributed by atoms with Gasteiger partial charge in [0.2, 0.25) is 11.8 Å². The quantitative estimate of drug-likeness (QED) is 0.795. The molecule has 2 aromatic rings. The normalized spacial score (nSPS) is 15.1. The van der Waals surface area contributed by atoms with Crippen LogP contribution >= 0.6 is 0 Å². The van der Waals surface area contributed by atoms with E-state index < -0.39 is 0 Å². The fraction of sp³-hybridized carbons (Fsp3) is 0.450. The van der Waals surface area contributed by atoms with Crippen LogP contribution in [-0.2, 0) is 9.53 Å². The molecule has 138 valence electrons. The lowest BCUT2D eigenvalue weighted by molar-refractivity contribution is -0.133. The molecule has 26 heavy (non-hydrogen) atoms. The molecular formula is C20H25N3O3. The average Bonchev–Trinajstić information content (AvgIpc) is 2.68. The summed E-state index contributed by atoms with van der Waals surface area (Å²) in [6, 6.07) is 7.89. The molecular weight excluding hydrogens is 330 g/mol. The summed E-state index contributed by atoms with van der Waals surface area (Å²) in [5.41, 5.74) is 2.05. The Kier molecular flexibility index (Phi) is 6.17. The highest BCUT2D eigenvalue weighted by Crippen LogP contribution is 2.33. The molecule has 1 saturated heterocycles. The van der Waals surface area contributed by atoms with Crippen molar-refractivity contribution < 1.29 is 14.3 Å². The van der Waals surface area contributed by atoms with Gasteiger partial charge in [0.15, 0.2) is 0 Å². The Balaban J connectivity index is 1.65. The summed E-state index contributed by atoms with van der Waals surface area (Å²) in [6.07, 6.45) is 5.52. The number of piperidine rings is 1. The van der Waals surface area contributed by atoms with Gasteiger partial charge in [0.1, 0.15) is 11.4 Å². The molecule has 3 rings (SSSR count). The number of aromatic nitrogens is 2. The van der Waals surface area contributed by atoms with Crippen molar-refractivity contribution in [2.45, 2.75) is 32.1 Å². The van der Waals surface area contributed by atoms with Gasteiger partial charge in [-0.05, 0) is 31.9 Å². The van der Waals surface area contributed by atoms with Crippen molar-refractivity contribution in [2.24, 2.45) is 0 Å². The number of carbonyl (C=O) groups is 1. The summed E-state index contributed by atoms with van der Waals surface area (Å²) >= 11 is 0. The van der Waals surface area contributed by atoms with Crippen LogP contribution in [0.15, 0.2) is 36.7 Å². The van der Waals surface area contributed by atoms with Crippen LogP contribution in [-0.4, -0.2) is 47.6 Å². The second-order valence-corrected chi connectivity index (χ2v) is 6.56. The highest BCUT2D eigenvalue weighted by atomic mass is 16.5. The molecule has 0 spiro atoms. The first-order valence-electron chi connectivity index (χ1n) is 8.99. The van der Waals surface area contributed by atoms with Crippen molar-refractivity contribution >= 4 is 5.91 Å². The smallest absolute Gasteiger partial charge is 0.241 e. The molecule has 1 aliphatic heterocycles. The minimum absolute atomic E-state index is 0.153. The average molecular weight is 355 g/mol. The monoisotopic (exact) mass is 355 g/mol. The maximum absolute atomic E-state index is 12.1. The molecule has 6 heteroatoms. The van der Waals surface area contributed by atoms with Gasteiger partial charge in [-0.2, -0.15) is 0 Å². The van der Waals surface area contributed by atoms with Crippen LogP contribution in [0.1, 0.15) is 36.4 Å². The maximum atomic E-state index is 12.1. The molecule has 1 amide bonds. The summed E-state index contributed by atoms with van der Waals surface area (Å²) < 4.78 is 11.0. The number of hydrogen-bond acceptors (Lipinski definition) is 5. The minimum Gasteiger partial charge on any atom is -0.437 e. The molecule has 0 N–H and O–H groups in total. The van der Waals surface area contributed by atoms with E-state index in [1.54, 1.807) is 19.5 Å². The lowest BCUT2D eigenvalue weighted by atomic mass is 9.93. The van der Waals surface area contributed by atoms with Crippen LogP contribution in [0.25, 0.3) is 0 Å². The molecule has 1 aliphatic rings. The molecule has 0 radical (unpaired) electrons.